The molecule has 1 N–H and O–H groups in total. The Kier molecular flexibility index (Phi) is 8.09. The maximum atomic E-state index is 12.3. The van der Waals surface area contributed by atoms with Crippen molar-refractivity contribution in [1.29, 1.82) is 0 Å². The van der Waals surface area contributed by atoms with Crippen LogP contribution in [0.5, 0.6) is 23.0 Å². The first kappa shape index (κ1) is 22.7. The van der Waals surface area contributed by atoms with Gasteiger partial charge in [0.15, 0.2) is 17.6 Å². The molecule has 0 bridgehead atoms. The number of methoxy groups -OCH3 is 2. The van der Waals surface area contributed by atoms with Gasteiger partial charge in [-0.05, 0) is 48.4 Å². The van der Waals surface area contributed by atoms with E-state index in [1.807, 2.05) is 36.4 Å². The summed E-state index contributed by atoms with van der Waals surface area (Å²) in [5.41, 5.74) is 4.29. The first-order valence-corrected chi connectivity index (χ1v) is 10.1. The van der Waals surface area contributed by atoms with Crippen molar-refractivity contribution in [1.82, 2.24) is 5.43 Å². The molecule has 32 heavy (non-hydrogen) atoms. The minimum atomic E-state index is -0.734. The highest BCUT2D eigenvalue weighted by molar-refractivity contribution is 5.84. The fraction of sp³-hybridized carbons (Fsp3) is 0.200. The molecule has 0 spiro atoms. The van der Waals surface area contributed by atoms with Crippen LogP contribution in [0.4, 0.5) is 0 Å². The fourth-order valence-corrected chi connectivity index (χ4v) is 2.81. The van der Waals surface area contributed by atoms with Gasteiger partial charge in [0.1, 0.15) is 18.1 Å². The average molecular weight is 434 g/mol. The number of rotatable bonds is 10. The average Bonchev–Trinajstić information content (AvgIpc) is 2.83. The van der Waals surface area contributed by atoms with E-state index in [9.17, 15) is 4.79 Å². The molecule has 3 aromatic carbocycles. The molecule has 0 heterocycles. The van der Waals surface area contributed by atoms with Crippen LogP contribution in [0.2, 0.25) is 0 Å². The molecule has 0 aromatic heterocycles. The lowest BCUT2D eigenvalue weighted by Gasteiger charge is -2.13. The van der Waals surface area contributed by atoms with Crippen LogP contribution >= 0.6 is 0 Å². The third-order valence-corrected chi connectivity index (χ3v) is 4.54. The molecule has 1 atom stereocenters. The van der Waals surface area contributed by atoms with Gasteiger partial charge in [0.25, 0.3) is 5.91 Å². The van der Waals surface area contributed by atoms with Crippen molar-refractivity contribution in [2.45, 2.75) is 19.6 Å². The van der Waals surface area contributed by atoms with Crippen molar-refractivity contribution in [2.24, 2.45) is 5.10 Å². The Bertz CT molecular complexity index is 1050. The second kappa shape index (κ2) is 11.4. The maximum absolute atomic E-state index is 12.3. The first-order valence-electron chi connectivity index (χ1n) is 10.1. The second-order valence-corrected chi connectivity index (χ2v) is 6.86. The van der Waals surface area contributed by atoms with Gasteiger partial charge in [0.2, 0.25) is 0 Å². The molecule has 7 heteroatoms. The summed E-state index contributed by atoms with van der Waals surface area (Å²) in [6.07, 6.45) is 0.794. The summed E-state index contributed by atoms with van der Waals surface area (Å²) in [6.45, 7) is 2.08. The van der Waals surface area contributed by atoms with Gasteiger partial charge in [-0.3, -0.25) is 4.79 Å². The van der Waals surface area contributed by atoms with E-state index in [-0.39, 0.29) is 5.91 Å². The van der Waals surface area contributed by atoms with Crippen molar-refractivity contribution in [3.8, 4) is 23.0 Å². The molecule has 3 rings (SSSR count). The highest BCUT2D eigenvalue weighted by Gasteiger charge is 2.14. The molecule has 0 aliphatic heterocycles. The summed E-state index contributed by atoms with van der Waals surface area (Å²) in [6, 6.07) is 22.3. The van der Waals surface area contributed by atoms with Gasteiger partial charge in [-0.2, -0.15) is 5.10 Å². The summed E-state index contributed by atoms with van der Waals surface area (Å²) in [4.78, 5) is 12.3. The van der Waals surface area contributed by atoms with Crippen LogP contribution in [0.25, 0.3) is 0 Å². The Balaban J connectivity index is 1.55. The van der Waals surface area contributed by atoms with Crippen LogP contribution in [-0.4, -0.2) is 32.4 Å². The Morgan fingerprint density at radius 3 is 2.47 bits per heavy atom. The van der Waals surface area contributed by atoms with E-state index in [0.29, 0.717) is 29.6 Å². The number of hydrazone groups is 1. The Morgan fingerprint density at radius 1 is 0.938 bits per heavy atom. The molecule has 0 aliphatic rings. The largest absolute Gasteiger partial charge is 0.497 e. The summed E-state index contributed by atoms with van der Waals surface area (Å²) >= 11 is 0. The van der Waals surface area contributed by atoms with Crippen molar-refractivity contribution in [2.75, 3.05) is 14.2 Å². The normalized spacial score (nSPS) is 11.6. The number of hydrogen-bond donors (Lipinski definition) is 1. The van der Waals surface area contributed by atoms with E-state index < -0.39 is 6.10 Å². The predicted octanol–water partition coefficient (Wildman–Crippen LogP) is 4.20. The molecule has 1 amide bonds. The number of benzene rings is 3. The van der Waals surface area contributed by atoms with E-state index in [1.54, 1.807) is 57.5 Å². The minimum Gasteiger partial charge on any atom is -0.497 e. The lowest BCUT2D eigenvalue weighted by molar-refractivity contribution is -0.127. The number of nitrogens with zero attached hydrogens (tertiary/aromatic N) is 1. The molecule has 0 saturated carbocycles. The predicted molar refractivity (Wildman–Crippen MR) is 123 cm³/mol. The molecule has 7 nitrogen and oxygen atoms in total. The van der Waals surface area contributed by atoms with Gasteiger partial charge >= 0.3 is 0 Å². The number of carbonyl (C=O) groups excluding carboxylic acids is 1. The van der Waals surface area contributed by atoms with Crippen LogP contribution in [0.15, 0.2) is 77.9 Å². The van der Waals surface area contributed by atoms with Gasteiger partial charge in [0, 0.05) is 6.07 Å². The fourth-order valence-electron chi connectivity index (χ4n) is 2.81. The third-order valence-electron chi connectivity index (χ3n) is 4.54. The molecule has 0 saturated heterocycles. The zero-order valence-corrected chi connectivity index (χ0v) is 18.3. The first-order chi connectivity index (χ1) is 15.6. The van der Waals surface area contributed by atoms with Crippen molar-refractivity contribution < 1.29 is 23.7 Å². The molecule has 0 aliphatic carbocycles. The van der Waals surface area contributed by atoms with Gasteiger partial charge in [-0.15, -0.1) is 0 Å². The molecule has 1 unspecified atom stereocenters. The van der Waals surface area contributed by atoms with Crippen LogP contribution in [0, 0.1) is 0 Å². The van der Waals surface area contributed by atoms with E-state index in [2.05, 4.69) is 10.5 Å². The van der Waals surface area contributed by atoms with Crippen molar-refractivity contribution >= 4 is 12.1 Å². The smallest absolute Gasteiger partial charge is 0.280 e. The van der Waals surface area contributed by atoms with Gasteiger partial charge in [0.05, 0.1) is 20.4 Å². The molecule has 3 aromatic rings. The number of ether oxygens (including phenoxy) is 4. The lowest BCUT2D eigenvalue weighted by atomic mass is 10.2. The van der Waals surface area contributed by atoms with Crippen molar-refractivity contribution in [3.05, 3.63) is 83.9 Å². The highest BCUT2D eigenvalue weighted by atomic mass is 16.5. The Morgan fingerprint density at radius 2 is 1.72 bits per heavy atom. The number of nitrogens with one attached hydrogen (secondary N) is 1. The molecule has 0 fully saturated rings. The highest BCUT2D eigenvalue weighted by Crippen LogP contribution is 2.28. The molecule has 166 valence electrons. The van der Waals surface area contributed by atoms with Gasteiger partial charge < -0.3 is 18.9 Å². The zero-order chi connectivity index (χ0) is 22.8. The van der Waals surface area contributed by atoms with Gasteiger partial charge in [-0.25, -0.2) is 5.43 Å². The van der Waals surface area contributed by atoms with E-state index >= 15 is 0 Å². The quantitative estimate of drug-likeness (QED) is 0.382. The van der Waals surface area contributed by atoms with E-state index in [0.717, 1.165) is 11.1 Å². The topological polar surface area (TPSA) is 78.4 Å². The summed E-state index contributed by atoms with van der Waals surface area (Å²) in [5.74, 6) is 2.01. The monoisotopic (exact) mass is 434 g/mol. The Labute approximate surface area is 187 Å². The van der Waals surface area contributed by atoms with Crippen molar-refractivity contribution in [3.63, 3.8) is 0 Å². The van der Waals surface area contributed by atoms with Crippen LogP contribution in [0.3, 0.4) is 0 Å². The Hall–Kier alpha value is -4.00. The standard InChI is InChI=1S/C25H26N2O5/c1-18(32-22-11-7-10-21(15-22)29-2)25(28)27-26-16-20-12-13-23(24(14-20)30-3)31-17-19-8-5-4-6-9-19/h4-16,18H,17H2,1-3H3,(H,27,28)/b26-16+. The number of carbonyl (C=O) groups is 1. The summed E-state index contributed by atoms with van der Waals surface area (Å²) in [5, 5.41) is 4.01. The lowest BCUT2D eigenvalue weighted by Crippen LogP contribution is -2.33. The minimum absolute atomic E-state index is 0.376. The summed E-state index contributed by atoms with van der Waals surface area (Å²) in [7, 11) is 3.14. The van der Waals surface area contributed by atoms with E-state index in [1.165, 1.54) is 6.21 Å². The van der Waals surface area contributed by atoms with Crippen LogP contribution in [-0.2, 0) is 11.4 Å². The van der Waals surface area contributed by atoms with E-state index in [4.69, 9.17) is 18.9 Å². The summed E-state index contributed by atoms with van der Waals surface area (Å²) < 4.78 is 22.1. The molecular formula is C25H26N2O5. The van der Waals surface area contributed by atoms with Crippen LogP contribution < -0.4 is 24.4 Å². The molecule has 0 radical (unpaired) electrons. The molecular weight excluding hydrogens is 408 g/mol. The number of amides is 1. The number of hydrogen-bond acceptors (Lipinski definition) is 6. The zero-order valence-electron chi connectivity index (χ0n) is 18.3. The van der Waals surface area contributed by atoms with Crippen LogP contribution in [0.1, 0.15) is 18.1 Å². The second-order valence-electron chi connectivity index (χ2n) is 6.86. The third kappa shape index (κ3) is 6.50. The SMILES string of the molecule is COc1cccc(OC(C)C(=O)N/N=C/c2ccc(OCc3ccccc3)c(OC)c2)c1. The van der Waals surface area contributed by atoms with Gasteiger partial charge in [-0.1, -0.05) is 36.4 Å². The maximum Gasteiger partial charge on any atom is 0.280 e.